The average Bonchev–Trinajstić information content (AvgIpc) is 2.81. The highest BCUT2D eigenvalue weighted by Gasteiger charge is 2.47. The van der Waals surface area contributed by atoms with E-state index in [0.29, 0.717) is 19.4 Å². The minimum Gasteiger partial charge on any atom is -0.496 e. The molecule has 0 saturated carbocycles. The van der Waals surface area contributed by atoms with Crippen molar-refractivity contribution in [3.63, 3.8) is 0 Å². The number of amides is 1. The molecule has 1 unspecified atom stereocenters. The van der Waals surface area contributed by atoms with Gasteiger partial charge in [-0.25, -0.2) is 9.18 Å². The van der Waals surface area contributed by atoms with Crippen LogP contribution < -0.4 is 4.74 Å². The summed E-state index contributed by atoms with van der Waals surface area (Å²) >= 11 is 0. The van der Waals surface area contributed by atoms with E-state index >= 15 is 0 Å². The number of hydrogen-bond acceptors (Lipinski definition) is 3. The number of likely N-dealkylation sites (tertiary alicyclic amines) is 1. The highest BCUT2D eigenvalue weighted by Crippen LogP contribution is 2.33. The minimum atomic E-state index is -1.30. The van der Waals surface area contributed by atoms with E-state index in [1.165, 1.54) is 31.1 Å². The zero-order valence-corrected chi connectivity index (χ0v) is 11.4. The van der Waals surface area contributed by atoms with E-state index in [1.54, 1.807) is 0 Å². The van der Waals surface area contributed by atoms with Crippen molar-refractivity contribution in [1.82, 2.24) is 4.90 Å². The maximum absolute atomic E-state index is 13.9. The van der Waals surface area contributed by atoms with Crippen molar-refractivity contribution < 1.29 is 23.8 Å². The highest BCUT2D eigenvalue weighted by molar-refractivity contribution is 6.00. The minimum absolute atomic E-state index is 0.106. The Morgan fingerprint density at radius 1 is 1.45 bits per heavy atom. The van der Waals surface area contributed by atoms with Gasteiger partial charge < -0.3 is 14.7 Å². The summed E-state index contributed by atoms with van der Waals surface area (Å²) < 4.78 is 18.9. The molecule has 108 valence electrons. The lowest BCUT2D eigenvalue weighted by atomic mass is 9.98. The summed E-state index contributed by atoms with van der Waals surface area (Å²) in [6.07, 6.45) is 0.927. The Kier molecular flexibility index (Phi) is 3.65. The number of carboxylic acid groups (broad SMARTS) is 1. The van der Waals surface area contributed by atoms with Gasteiger partial charge in [0.05, 0.1) is 7.11 Å². The van der Waals surface area contributed by atoms with Crippen LogP contribution in [0.4, 0.5) is 4.39 Å². The van der Waals surface area contributed by atoms with Crippen molar-refractivity contribution in [1.29, 1.82) is 0 Å². The topological polar surface area (TPSA) is 66.8 Å². The van der Waals surface area contributed by atoms with Gasteiger partial charge in [0.25, 0.3) is 5.91 Å². The molecule has 6 heteroatoms. The number of carboxylic acids is 1. The molecule has 0 aromatic heterocycles. The Balaban J connectivity index is 2.44. The molecule has 1 aliphatic rings. The van der Waals surface area contributed by atoms with Gasteiger partial charge in [-0.15, -0.1) is 0 Å². The maximum atomic E-state index is 13.9. The van der Waals surface area contributed by atoms with E-state index in [0.717, 1.165) is 6.07 Å². The monoisotopic (exact) mass is 281 g/mol. The molecule has 2 rings (SSSR count). The molecule has 1 aromatic carbocycles. The molecule has 0 aliphatic carbocycles. The van der Waals surface area contributed by atoms with Crippen molar-refractivity contribution in [3.8, 4) is 5.75 Å². The Morgan fingerprint density at radius 3 is 2.75 bits per heavy atom. The van der Waals surface area contributed by atoms with Crippen LogP contribution in [0.5, 0.6) is 5.75 Å². The molecule has 1 aromatic rings. The van der Waals surface area contributed by atoms with Crippen LogP contribution in [0.1, 0.15) is 30.1 Å². The maximum Gasteiger partial charge on any atom is 0.329 e. The number of hydrogen-bond donors (Lipinski definition) is 1. The molecule has 1 heterocycles. The summed E-state index contributed by atoms with van der Waals surface area (Å²) in [4.78, 5) is 25.1. The fourth-order valence-corrected chi connectivity index (χ4v) is 2.53. The second-order valence-electron chi connectivity index (χ2n) is 4.96. The normalized spacial score (nSPS) is 21.9. The first kappa shape index (κ1) is 14.3. The van der Waals surface area contributed by atoms with Gasteiger partial charge in [0.15, 0.2) is 0 Å². The number of carbonyl (C=O) groups excluding carboxylic acids is 1. The van der Waals surface area contributed by atoms with Crippen LogP contribution in [0.15, 0.2) is 18.2 Å². The molecular formula is C14H16FNO4. The Labute approximate surface area is 116 Å². The number of halogens is 1. The third-order valence-electron chi connectivity index (χ3n) is 3.76. The summed E-state index contributed by atoms with van der Waals surface area (Å²) in [5.74, 6) is -2.34. The molecular weight excluding hydrogens is 265 g/mol. The van der Waals surface area contributed by atoms with Gasteiger partial charge in [-0.1, -0.05) is 6.07 Å². The SMILES string of the molecule is COc1cccc(F)c1C(=O)N1CCCC1(C)C(=O)O. The van der Waals surface area contributed by atoms with Gasteiger partial charge >= 0.3 is 5.97 Å². The summed E-state index contributed by atoms with van der Waals surface area (Å²) in [6, 6.07) is 4.07. The first-order valence-electron chi connectivity index (χ1n) is 6.29. The lowest BCUT2D eigenvalue weighted by molar-refractivity contribution is -0.147. The number of nitrogens with zero attached hydrogens (tertiary/aromatic N) is 1. The van der Waals surface area contributed by atoms with Gasteiger partial charge in [-0.05, 0) is 31.9 Å². The Bertz CT molecular complexity index is 560. The third-order valence-corrected chi connectivity index (χ3v) is 3.76. The second-order valence-corrected chi connectivity index (χ2v) is 4.96. The van der Waals surface area contributed by atoms with Gasteiger partial charge in [0.2, 0.25) is 0 Å². The van der Waals surface area contributed by atoms with E-state index in [-0.39, 0.29) is 11.3 Å². The molecule has 20 heavy (non-hydrogen) atoms. The molecule has 1 saturated heterocycles. The Hall–Kier alpha value is -2.11. The fraction of sp³-hybridized carbons (Fsp3) is 0.429. The van der Waals surface area contributed by atoms with Gasteiger partial charge in [-0.2, -0.15) is 0 Å². The molecule has 1 N–H and O–H groups in total. The summed E-state index contributed by atoms with van der Waals surface area (Å²) in [6.45, 7) is 1.77. The first-order valence-corrected chi connectivity index (χ1v) is 6.29. The van der Waals surface area contributed by atoms with Crippen LogP contribution in [0.3, 0.4) is 0 Å². The zero-order valence-electron chi connectivity index (χ0n) is 11.4. The quantitative estimate of drug-likeness (QED) is 0.919. The van der Waals surface area contributed by atoms with E-state index in [9.17, 15) is 19.1 Å². The van der Waals surface area contributed by atoms with Crippen LogP contribution >= 0.6 is 0 Å². The molecule has 0 bridgehead atoms. The molecule has 5 nitrogen and oxygen atoms in total. The lowest BCUT2D eigenvalue weighted by Crippen LogP contribution is -2.51. The van der Waals surface area contributed by atoms with Gasteiger partial charge in [0, 0.05) is 6.54 Å². The molecule has 0 radical (unpaired) electrons. The highest BCUT2D eigenvalue weighted by atomic mass is 19.1. The second kappa shape index (κ2) is 5.11. The first-order chi connectivity index (χ1) is 9.41. The van der Waals surface area contributed by atoms with Crippen LogP contribution in [0, 0.1) is 5.82 Å². The lowest BCUT2D eigenvalue weighted by Gasteiger charge is -2.31. The zero-order chi connectivity index (χ0) is 14.9. The van der Waals surface area contributed by atoms with Crippen LogP contribution in [-0.4, -0.2) is 41.1 Å². The van der Waals surface area contributed by atoms with Crippen LogP contribution in [0.2, 0.25) is 0 Å². The molecule has 1 amide bonds. The predicted octanol–water partition coefficient (Wildman–Crippen LogP) is 1.91. The molecule has 1 aliphatic heterocycles. The van der Waals surface area contributed by atoms with Crippen molar-refractivity contribution in [2.75, 3.05) is 13.7 Å². The molecule has 0 spiro atoms. The van der Waals surface area contributed by atoms with E-state index in [1.807, 2.05) is 0 Å². The number of ether oxygens (including phenoxy) is 1. The Morgan fingerprint density at radius 2 is 2.15 bits per heavy atom. The summed E-state index contributed by atoms with van der Waals surface area (Å²) in [5, 5.41) is 9.32. The number of methoxy groups -OCH3 is 1. The number of rotatable bonds is 3. The molecule has 1 fully saturated rings. The van der Waals surface area contributed by atoms with Crippen molar-refractivity contribution in [3.05, 3.63) is 29.6 Å². The van der Waals surface area contributed by atoms with E-state index in [4.69, 9.17) is 4.74 Å². The van der Waals surface area contributed by atoms with Crippen molar-refractivity contribution in [2.24, 2.45) is 0 Å². The average molecular weight is 281 g/mol. The summed E-state index contributed by atoms with van der Waals surface area (Å²) in [5.41, 5.74) is -1.52. The predicted molar refractivity (Wildman–Crippen MR) is 69.3 cm³/mol. The third kappa shape index (κ3) is 2.11. The fourth-order valence-electron chi connectivity index (χ4n) is 2.53. The standard InChI is InChI=1S/C14H16FNO4/c1-14(13(18)19)7-4-8-16(14)12(17)11-9(15)5-3-6-10(11)20-2/h3,5-6H,4,7-8H2,1-2H3,(H,18,19). The number of aliphatic carboxylic acids is 1. The summed E-state index contributed by atoms with van der Waals surface area (Å²) in [7, 11) is 1.34. The smallest absolute Gasteiger partial charge is 0.329 e. The molecule has 1 atom stereocenters. The van der Waals surface area contributed by atoms with Crippen LogP contribution in [-0.2, 0) is 4.79 Å². The van der Waals surface area contributed by atoms with Gasteiger partial charge in [-0.3, -0.25) is 4.79 Å². The van der Waals surface area contributed by atoms with Gasteiger partial charge in [0.1, 0.15) is 22.7 Å². The van der Waals surface area contributed by atoms with Crippen LogP contribution in [0.25, 0.3) is 0 Å². The van der Waals surface area contributed by atoms with Crippen molar-refractivity contribution >= 4 is 11.9 Å². The number of benzene rings is 1. The van der Waals surface area contributed by atoms with Crippen molar-refractivity contribution in [2.45, 2.75) is 25.3 Å². The largest absolute Gasteiger partial charge is 0.496 e. The van der Waals surface area contributed by atoms with E-state index in [2.05, 4.69) is 0 Å². The number of carbonyl (C=O) groups is 2. The van der Waals surface area contributed by atoms with E-state index < -0.39 is 23.2 Å².